The molecule has 2 heterocycles. The standard InChI is InChI=1S/C6H6N5O3/c1-10-4-3(5(9-10)11(13)14)6(12)8-2-7-4/h2,9H,1H3,(H-,7,8,12,13,14)/q-1. The highest BCUT2D eigenvalue weighted by molar-refractivity contribution is 5.72. The Kier molecular flexibility index (Phi) is 1.56. The van der Waals surface area contributed by atoms with Crippen molar-refractivity contribution in [1.82, 2.24) is 24.7 Å². The topological polar surface area (TPSA) is 116 Å². The van der Waals surface area contributed by atoms with Crippen LogP contribution in [-0.4, -0.2) is 19.7 Å². The van der Waals surface area contributed by atoms with Crippen LogP contribution in [0.3, 0.4) is 0 Å². The first-order valence-corrected chi connectivity index (χ1v) is 3.71. The van der Waals surface area contributed by atoms with Crippen LogP contribution in [0.1, 0.15) is 0 Å². The molecule has 0 aliphatic carbocycles. The molecule has 0 fully saturated rings. The third-order valence-electron chi connectivity index (χ3n) is 1.84. The first-order chi connectivity index (χ1) is 6.61. The number of hydrogen-bond acceptors (Lipinski definition) is 4. The number of nitrogens with zero attached hydrogens (tertiary/aromatic N) is 3. The molecule has 0 aliphatic rings. The van der Waals surface area contributed by atoms with Crippen LogP contribution in [0.2, 0.25) is 0 Å². The van der Waals surface area contributed by atoms with Crippen LogP contribution >= 0.6 is 0 Å². The molecule has 0 amide bonds. The van der Waals surface area contributed by atoms with Gasteiger partial charge in [-0.2, -0.15) is 5.10 Å². The van der Waals surface area contributed by atoms with Crippen molar-refractivity contribution in [1.29, 1.82) is 0 Å². The summed E-state index contributed by atoms with van der Waals surface area (Å²) in [4.78, 5) is 16.7. The molecule has 2 rings (SSSR count). The zero-order chi connectivity index (χ0) is 10.3. The highest BCUT2D eigenvalue weighted by Gasteiger charge is 2.11. The summed E-state index contributed by atoms with van der Waals surface area (Å²) in [6.07, 6.45) is 1.20. The number of H-pyrrole nitrogens is 2. The van der Waals surface area contributed by atoms with Gasteiger partial charge in [-0.25, -0.2) is 9.67 Å². The van der Waals surface area contributed by atoms with Gasteiger partial charge in [0.05, 0.1) is 6.33 Å². The molecule has 2 aromatic heterocycles. The van der Waals surface area contributed by atoms with Gasteiger partial charge in [0.1, 0.15) is 0 Å². The second kappa shape index (κ2) is 2.62. The lowest BCUT2D eigenvalue weighted by atomic mass is 10.4. The van der Waals surface area contributed by atoms with Crippen LogP contribution in [0.5, 0.6) is 0 Å². The number of aromatic amines is 2. The van der Waals surface area contributed by atoms with Gasteiger partial charge in [0.25, 0.3) is 5.56 Å². The maximum atomic E-state index is 11.3. The lowest BCUT2D eigenvalue weighted by molar-refractivity contribution is 0.742. The van der Waals surface area contributed by atoms with Crippen molar-refractivity contribution in [3.05, 3.63) is 32.6 Å². The summed E-state index contributed by atoms with van der Waals surface area (Å²) in [5, 5.41) is 23.5. The Hall–Kier alpha value is -2.25. The highest BCUT2D eigenvalue weighted by Crippen LogP contribution is 1.95. The van der Waals surface area contributed by atoms with E-state index in [-0.39, 0.29) is 16.5 Å². The Morgan fingerprint density at radius 2 is 2.29 bits per heavy atom. The van der Waals surface area contributed by atoms with Crippen molar-refractivity contribution in [2.75, 3.05) is 0 Å². The molecule has 8 heteroatoms. The Balaban J connectivity index is 3.18. The minimum atomic E-state index is -0.654. The summed E-state index contributed by atoms with van der Waals surface area (Å²) in [5.74, 6) is 0. The number of aryl methyl sites for hydroxylation is 1. The molecule has 0 bridgehead atoms. The van der Waals surface area contributed by atoms with Crippen molar-refractivity contribution >= 4 is 11.0 Å². The molecule has 8 nitrogen and oxygen atoms in total. The van der Waals surface area contributed by atoms with Crippen LogP contribution in [0.25, 0.3) is 11.0 Å². The summed E-state index contributed by atoms with van der Waals surface area (Å²) in [6, 6.07) is 0. The lowest BCUT2D eigenvalue weighted by Gasteiger charge is -2.07. The zero-order valence-electron chi connectivity index (χ0n) is 7.14. The molecule has 0 spiro atoms. The van der Waals surface area contributed by atoms with Crippen molar-refractivity contribution in [3.8, 4) is 0 Å². The molecule has 0 unspecified atom stereocenters. The zero-order valence-corrected chi connectivity index (χ0v) is 7.14. The molecule has 2 N–H and O–H groups in total. The van der Waals surface area contributed by atoms with Crippen LogP contribution in [0.4, 0.5) is 0 Å². The van der Waals surface area contributed by atoms with Gasteiger partial charge in [0, 0.05) is 7.05 Å². The largest absolute Gasteiger partial charge is 0.712 e. The molecule has 0 aliphatic heterocycles. The van der Waals surface area contributed by atoms with E-state index in [9.17, 15) is 15.2 Å². The summed E-state index contributed by atoms with van der Waals surface area (Å²) >= 11 is 0. The Bertz CT molecular complexity index is 600. The Morgan fingerprint density at radius 1 is 1.57 bits per heavy atom. The molecule has 2 aromatic rings. The van der Waals surface area contributed by atoms with Crippen molar-refractivity contribution < 1.29 is 0 Å². The van der Waals surface area contributed by atoms with Crippen LogP contribution in [0, 0.1) is 10.4 Å². The normalized spacial score (nSPS) is 10.6. The predicted octanol–water partition coefficient (Wildman–Crippen LogP) is -1.64. The monoisotopic (exact) mass is 196 g/mol. The molecule has 74 valence electrons. The summed E-state index contributed by atoms with van der Waals surface area (Å²) in [5.41, 5.74) is -0.629. The number of fused-ring (bicyclic) bond motifs is 1. The third kappa shape index (κ3) is 0.969. The fourth-order valence-electron chi connectivity index (χ4n) is 1.26. The minimum Gasteiger partial charge on any atom is -0.712 e. The van der Waals surface area contributed by atoms with Crippen LogP contribution < -0.4 is 15.9 Å². The second-order valence-electron chi connectivity index (χ2n) is 2.71. The first-order valence-electron chi connectivity index (χ1n) is 3.71. The number of aromatic nitrogens is 4. The lowest BCUT2D eigenvalue weighted by Crippen LogP contribution is -2.25. The number of hydrogen-bond donors (Lipinski definition) is 2. The average molecular weight is 196 g/mol. The van der Waals surface area contributed by atoms with Gasteiger partial charge in [-0.1, -0.05) is 0 Å². The quantitative estimate of drug-likeness (QED) is 0.491. The fourth-order valence-corrected chi connectivity index (χ4v) is 1.26. The van der Waals surface area contributed by atoms with Gasteiger partial charge in [-0.15, -0.1) is 0 Å². The van der Waals surface area contributed by atoms with Gasteiger partial charge in [0.2, 0.25) is 0 Å². The van der Waals surface area contributed by atoms with E-state index in [1.54, 1.807) is 7.05 Å². The maximum Gasteiger partial charge on any atom is 0.316 e. The minimum absolute atomic E-state index is 0.0417. The maximum absolute atomic E-state index is 11.3. The number of rotatable bonds is 0. The highest BCUT2D eigenvalue weighted by atomic mass is 16.8. The molecule has 0 saturated carbocycles. The van der Waals surface area contributed by atoms with Gasteiger partial charge >= 0.3 is 5.49 Å². The van der Waals surface area contributed by atoms with E-state index in [1.165, 1.54) is 11.0 Å². The summed E-state index contributed by atoms with van der Waals surface area (Å²) in [6.45, 7) is 0. The SMILES string of the molecule is Cn1[nH]c(=[N+]([O-])[O-])c2c(=O)[nH]cnc21. The Morgan fingerprint density at radius 3 is 2.93 bits per heavy atom. The summed E-state index contributed by atoms with van der Waals surface area (Å²) < 4.78 is 1.32. The molecule has 0 saturated heterocycles. The van der Waals surface area contributed by atoms with E-state index in [0.29, 0.717) is 0 Å². The smallest absolute Gasteiger partial charge is 0.316 e. The van der Waals surface area contributed by atoms with Crippen molar-refractivity contribution in [2.45, 2.75) is 0 Å². The van der Waals surface area contributed by atoms with E-state index < -0.39 is 10.5 Å². The molecule has 0 aromatic carbocycles. The predicted molar refractivity (Wildman–Crippen MR) is 47.7 cm³/mol. The van der Waals surface area contributed by atoms with Gasteiger partial charge in [-0.05, 0) is 0 Å². The van der Waals surface area contributed by atoms with Crippen LogP contribution in [0.15, 0.2) is 11.1 Å². The summed E-state index contributed by atoms with van der Waals surface area (Å²) in [7, 11) is 1.54. The molecular weight excluding hydrogens is 190 g/mol. The van der Waals surface area contributed by atoms with E-state index in [0.717, 1.165) is 0 Å². The molecule has 0 atom stereocenters. The first kappa shape index (κ1) is 8.35. The third-order valence-corrected chi connectivity index (χ3v) is 1.84. The van der Waals surface area contributed by atoms with E-state index in [1.807, 2.05) is 0 Å². The Labute approximate surface area is 76.3 Å². The van der Waals surface area contributed by atoms with Gasteiger partial charge < -0.3 is 15.4 Å². The van der Waals surface area contributed by atoms with Crippen LogP contribution in [-0.2, 0) is 7.05 Å². The molecule has 0 radical (unpaired) electrons. The fraction of sp³-hybridized carbons (Fsp3) is 0.167. The molecule has 14 heavy (non-hydrogen) atoms. The van der Waals surface area contributed by atoms with E-state index >= 15 is 0 Å². The van der Waals surface area contributed by atoms with E-state index in [4.69, 9.17) is 0 Å². The van der Waals surface area contributed by atoms with Crippen molar-refractivity contribution in [3.63, 3.8) is 0 Å². The number of nitrogens with one attached hydrogen (secondary N) is 2. The van der Waals surface area contributed by atoms with Gasteiger partial charge in [0.15, 0.2) is 11.0 Å². The average Bonchev–Trinajstić information content (AvgIpc) is 2.46. The van der Waals surface area contributed by atoms with E-state index in [2.05, 4.69) is 15.1 Å². The van der Waals surface area contributed by atoms with Crippen molar-refractivity contribution in [2.24, 2.45) is 7.05 Å². The second-order valence-corrected chi connectivity index (χ2v) is 2.71. The molecular formula is C6H6N5O3-. The van der Waals surface area contributed by atoms with Gasteiger partial charge in [-0.3, -0.25) is 9.70 Å².